The highest BCUT2D eigenvalue weighted by Crippen LogP contribution is 2.21. The van der Waals surface area contributed by atoms with Gasteiger partial charge in [-0.25, -0.2) is 4.79 Å². The van der Waals surface area contributed by atoms with Crippen LogP contribution in [-0.4, -0.2) is 169 Å². The van der Waals surface area contributed by atoms with Crippen molar-refractivity contribution in [1.29, 1.82) is 0 Å². The molecule has 1 fully saturated rings. The summed E-state index contributed by atoms with van der Waals surface area (Å²) < 4.78 is 0. The Labute approximate surface area is 412 Å². The van der Waals surface area contributed by atoms with E-state index in [1.54, 1.807) is 27.7 Å². The predicted octanol–water partition coefficient (Wildman–Crippen LogP) is -2.08. The minimum absolute atomic E-state index is 0.00433. The van der Waals surface area contributed by atoms with Crippen molar-refractivity contribution >= 4 is 71.1 Å². The highest BCUT2D eigenvalue weighted by Gasteiger charge is 2.40. The molecule has 71 heavy (non-hydrogen) atoms. The summed E-state index contributed by atoms with van der Waals surface area (Å²) in [6, 6.07) is -13.1. The number of carbonyl (C=O) groups excluding carboxylic acids is 8. The first kappa shape index (κ1) is 62.6. The molecule has 0 unspecified atom stereocenters. The largest absolute Gasteiger partial charge is 0.481 e. The van der Waals surface area contributed by atoms with Crippen LogP contribution in [0.1, 0.15) is 126 Å². The topological polar surface area (TPSA) is 419 Å². The van der Waals surface area contributed by atoms with Crippen LogP contribution in [0.25, 0.3) is 0 Å². The second-order valence-electron chi connectivity index (χ2n) is 18.8. The maximum absolute atomic E-state index is 13.8. The van der Waals surface area contributed by atoms with Gasteiger partial charge < -0.3 is 73.4 Å². The SMILES string of the molecule is CC[C@H](C)[C@H](N)C(=O)N1CCC[C@H]1C(=O)N[C@@H](CC(C)C)C(=O)N[C@H](C(=O)N[C@@H](CCC(=O)O)C(=O)N[C@@H](CCC(=O)O)C(=O)N[C@@H](C)C(=O)N[C@@H](CCC(=O)O)C(=O)N[C@@H](CC(C)C)C(=O)O)[C@@H](C)O. The molecule has 0 aliphatic carbocycles. The van der Waals surface area contributed by atoms with Crippen LogP contribution in [0.15, 0.2) is 0 Å². The second-order valence-corrected chi connectivity index (χ2v) is 18.8. The molecule has 0 radical (unpaired) electrons. The molecule has 11 atom stereocenters. The summed E-state index contributed by atoms with van der Waals surface area (Å²) in [6.45, 7) is 13.1. The fourth-order valence-electron chi connectivity index (χ4n) is 7.41. The molecule has 0 aromatic carbocycles. The van der Waals surface area contributed by atoms with Crippen molar-refractivity contribution in [2.75, 3.05) is 6.54 Å². The molecule has 0 saturated carbocycles. The van der Waals surface area contributed by atoms with Crippen molar-refractivity contribution in [2.24, 2.45) is 23.5 Å². The van der Waals surface area contributed by atoms with Crippen LogP contribution in [-0.2, 0) is 57.5 Å². The molecular weight excluding hydrogens is 939 g/mol. The Bertz CT molecular complexity index is 1910. The normalized spacial score (nSPS) is 17.6. The van der Waals surface area contributed by atoms with Crippen LogP contribution in [0.5, 0.6) is 0 Å². The minimum Gasteiger partial charge on any atom is -0.481 e. The van der Waals surface area contributed by atoms with Crippen LogP contribution in [0, 0.1) is 17.8 Å². The van der Waals surface area contributed by atoms with E-state index in [1.165, 1.54) is 4.90 Å². The van der Waals surface area contributed by atoms with Crippen molar-refractivity contribution < 1.29 is 83.1 Å². The molecule has 1 saturated heterocycles. The standard InChI is InChI=1S/C45H75N9O17/c1-9-23(6)35(46)44(69)54-18-10-11-31(54)42(67)51-29(19-21(2)3)41(66)53-36(25(8)55)43(68)50-28(14-17-34(60)61)39(64)49-26(12-15-32(56)57)38(63)47-24(7)37(62)48-27(13-16-33(58)59)40(65)52-30(45(70)71)20-22(4)5/h21-31,35-36,55H,9-20,46H2,1-8H3,(H,47,63)(H,48,62)(H,49,64)(H,50,68)(H,51,67)(H,52,65)(H,53,66)(H,56,57)(H,58,59)(H,60,61)(H,70,71)/t23-,24-,25+,26-,27-,28-,29-,30-,31-,35-,36-/m0/s1. The van der Waals surface area contributed by atoms with E-state index in [4.69, 9.17) is 5.73 Å². The van der Waals surface area contributed by atoms with Gasteiger partial charge in [0.1, 0.15) is 48.3 Å². The van der Waals surface area contributed by atoms with Gasteiger partial charge in [-0.1, -0.05) is 48.0 Å². The zero-order chi connectivity index (χ0) is 54.4. The van der Waals surface area contributed by atoms with Crippen molar-refractivity contribution in [3.8, 4) is 0 Å². The smallest absolute Gasteiger partial charge is 0.326 e. The Morgan fingerprint density at radius 1 is 0.549 bits per heavy atom. The molecule has 14 N–H and O–H groups in total. The maximum atomic E-state index is 13.8. The molecule has 0 bridgehead atoms. The van der Waals surface area contributed by atoms with E-state index in [-0.39, 0.29) is 37.1 Å². The summed E-state index contributed by atoms with van der Waals surface area (Å²) in [5.74, 6) is -13.9. The first-order valence-corrected chi connectivity index (χ1v) is 23.8. The van der Waals surface area contributed by atoms with Gasteiger partial charge in [-0.3, -0.25) is 52.7 Å². The molecular formula is C45H75N9O17. The maximum Gasteiger partial charge on any atom is 0.326 e. The molecule has 1 aliphatic rings. The lowest BCUT2D eigenvalue weighted by molar-refractivity contribution is -0.143. The average Bonchev–Trinajstić information content (AvgIpc) is 3.77. The Balaban J connectivity index is 3.35. The van der Waals surface area contributed by atoms with Gasteiger partial charge in [0.05, 0.1) is 12.1 Å². The van der Waals surface area contributed by atoms with E-state index in [9.17, 15) is 83.1 Å². The third-order valence-corrected chi connectivity index (χ3v) is 11.7. The number of carbonyl (C=O) groups is 12. The molecule has 1 heterocycles. The van der Waals surface area contributed by atoms with Gasteiger partial charge in [0, 0.05) is 25.8 Å². The number of nitrogens with two attached hydrogens (primary N) is 1. The number of hydrogen-bond acceptors (Lipinski definition) is 14. The second kappa shape index (κ2) is 30.3. The number of carboxylic acids is 4. The fraction of sp³-hybridized carbons (Fsp3) is 0.733. The van der Waals surface area contributed by atoms with Crippen molar-refractivity contribution in [1.82, 2.24) is 42.1 Å². The van der Waals surface area contributed by atoms with E-state index >= 15 is 0 Å². The number of aliphatic hydroxyl groups is 1. The van der Waals surface area contributed by atoms with Crippen molar-refractivity contribution in [2.45, 2.75) is 186 Å². The number of rotatable bonds is 32. The molecule has 402 valence electrons. The molecule has 26 heteroatoms. The van der Waals surface area contributed by atoms with E-state index < -0.39 is 170 Å². The summed E-state index contributed by atoms with van der Waals surface area (Å²) in [4.78, 5) is 156. The number of nitrogens with one attached hydrogen (secondary N) is 7. The number of likely N-dealkylation sites (tertiary alicyclic amines) is 1. The first-order valence-electron chi connectivity index (χ1n) is 23.8. The first-order chi connectivity index (χ1) is 33.0. The number of amides is 8. The van der Waals surface area contributed by atoms with Crippen molar-refractivity contribution in [3.05, 3.63) is 0 Å². The molecule has 8 amide bonds. The summed E-state index contributed by atoms with van der Waals surface area (Å²) >= 11 is 0. The van der Waals surface area contributed by atoms with Gasteiger partial charge in [0.25, 0.3) is 0 Å². The molecule has 26 nitrogen and oxygen atoms in total. The molecule has 0 spiro atoms. The number of hydrogen-bond donors (Lipinski definition) is 13. The Hall–Kier alpha value is -6.44. The zero-order valence-electron chi connectivity index (χ0n) is 41.7. The lowest BCUT2D eigenvalue weighted by Gasteiger charge is -2.31. The summed E-state index contributed by atoms with van der Waals surface area (Å²) in [5, 5.41) is 64.7. The van der Waals surface area contributed by atoms with Gasteiger partial charge in [0.2, 0.25) is 47.3 Å². The van der Waals surface area contributed by atoms with Gasteiger partial charge in [-0.05, 0) is 76.5 Å². The van der Waals surface area contributed by atoms with Crippen molar-refractivity contribution in [3.63, 3.8) is 0 Å². The van der Waals surface area contributed by atoms with Gasteiger partial charge in [-0.2, -0.15) is 0 Å². The summed E-state index contributed by atoms with van der Waals surface area (Å²) in [5.41, 5.74) is 6.19. The van der Waals surface area contributed by atoms with Crippen LogP contribution in [0.4, 0.5) is 0 Å². The van der Waals surface area contributed by atoms with E-state index in [0.717, 1.165) is 13.8 Å². The molecule has 0 aromatic heterocycles. The minimum atomic E-state index is -1.83. The van der Waals surface area contributed by atoms with Gasteiger partial charge in [-0.15, -0.1) is 0 Å². The lowest BCUT2D eigenvalue weighted by Crippen LogP contribution is -2.62. The van der Waals surface area contributed by atoms with Crippen LogP contribution < -0.4 is 43.0 Å². The number of carboxylic acid groups (broad SMARTS) is 4. The molecule has 0 aromatic rings. The number of aliphatic hydroxyl groups excluding tert-OH is 1. The average molecular weight is 1010 g/mol. The van der Waals surface area contributed by atoms with E-state index in [2.05, 4.69) is 37.2 Å². The zero-order valence-corrected chi connectivity index (χ0v) is 41.7. The van der Waals surface area contributed by atoms with E-state index in [0.29, 0.717) is 19.3 Å². The van der Waals surface area contributed by atoms with Crippen LogP contribution >= 0.6 is 0 Å². The van der Waals surface area contributed by atoms with Gasteiger partial charge >= 0.3 is 23.9 Å². The summed E-state index contributed by atoms with van der Waals surface area (Å²) in [7, 11) is 0. The van der Waals surface area contributed by atoms with E-state index in [1.807, 2.05) is 13.8 Å². The Morgan fingerprint density at radius 2 is 0.958 bits per heavy atom. The summed E-state index contributed by atoms with van der Waals surface area (Å²) in [6.07, 6.45) is -4.10. The predicted molar refractivity (Wildman–Crippen MR) is 250 cm³/mol. The number of aliphatic carboxylic acids is 4. The quantitative estimate of drug-likeness (QED) is 0.0344. The Kier molecular flexibility index (Phi) is 26.7. The molecule has 1 rings (SSSR count). The monoisotopic (exact) mass is 1010 g/mol. The lowest BCUT2D eigenvalue weighted by atomic mass is 9.98. The third-order valence-electron chi connectivity index (χ3n) is 11.7. The Morgan fingerprint density at radius 3 is 1.38 bits per heavy atom. The third kappa shape index (κ3) is 22.0. The highest BCUT2D eigenvalue weighted by atomic mass is 16.4. The number of nitrogens with zero attached hydrogens (tertiary/aromatic N) is 1. The molecule has 1 aliphatic heterocycles. The van der Waals surface area contributed by atoms with Crippen LogP contribution in [0.2, 0.25) is 0 Å². The fourth-order valence-corrected chi connectivity index (χ4v) is 7.41. The highest BCUT2D eigenvalue weighted by molar-refractivity contribution is 5.98. The van der Waals surface area contributed by atoms with Crippen LogP contribution in [0.3, 0.4) is 0 Å². The van der Waals surface area contributed by atoms with Gasteiger partial charge in [0.15, 0.2) is 0 Å².